The lowest BCUT2D eigenvalue weighted by atomic mass is 9.96. The van der Waals surface area contributed by atoms with E-state index in [2.05, 4.69) is 114 Å². The molecule has 4 heteroatoms. The van der Waals surface area contributed by atoms with Crippen molar-refractivity contribution in [2.24, 2.45) is 0 Å². The van der Waals surface area contributed by atoms with Gasteiger partial charge in [0.15, 0.2) is 0 Å². The van der Waals surface area contributed by atoms with Gasteiger partial charge in [-0.3, -0.25) is 9.69 Å². The lowest BCUT2D eigenvalue weighted by molar-refractivity contribution is -0.133. The van der Waals surface area contributed by atoms with Crippen molar-refractivity contribution in [2.45, 2.75) is 57.3 Å². The molecule has 1 fully saturated rings. The van der Waals surface area contributed by atoms with E-state index in [-0.39, 0.29) is 24.6 Å². The molecule has 1 N–H and O–H groups in total. The van der Waals surface area contributed by atoms with Crippen LogP contribution in [0.1, 0.15) is 42.4 Å². The third-order valence-corrected chi connectivity index (χ3v) is 8.11. The van der Waals surface area contributed by atoms with Gasteiger partial charge in [-0.1, -0.05) is 115 Å². The van der Waals surface area contributed by atoms with Crippen molar-refractivity contribution in [2.75, 3.05) is 13.2 Å². The van der Waals surface area contributed by atoms with Crippen molar-refractivity contribution < 1.29 is 9.90 Å². The third kappa shape index (κ3) is 7.47. The van der Waals surface area contributed by atoms with Gasteiger partial charge in [-0.15, -0.1) is 0 Å². The molecule has 4 aromatic rings. The second-order valence-corrected chi connectivity index (χ2v) is 10.9. The smallest absolute Gasteiger partial charge is 0.222 e. The Morgan fingerprint density at radius 2 is 1.30 bits per heavy atom. The van der Waals surface area contributed by atoms with Crippen molar-refractivity contribution in [1.82, 2.24) is 9.80 Å². The summed E-state index contributed by atoms with van der Waals surface area (Å²) in [6.45, 7) is 2.45. The van der Waals surface area contributed by atoms with Crippen molar-refractivity contribution in [3.8, 4) is 11.1 Å². The molecule has 40 heavy (non-hydrogen) atoms. The van der Waals surface area contributed by atoms with E-state index in [0.717, 1.165) is 45.3 Å². The van der Waals surface area contributed by atoms with E-state index >= 15 is 0 Å². The van der Waals surface area contributed by atoms with Crippen molar-refractivity contribution in [3.63, 3.8) is 0 Å². The molecule has 206 valence electrons. The molecule has 0 radical (unpaired) electrons. The van der Waals surface area contributed by atoms with Crippen LogP contribution >= 0.6 is 0 Å². The van der Waals surface area contributed by atoms with E-state index in [4.69, 9.17) is 0 Å². The average Bonchev–Trinajstić information content (AvgIpc) is 3.50. The van der Waals surface area contributed by atoms with Crippen LogP contribution in [0.5, 0.6) is 0 Å². The third-order valence-electron chi connectivity index (χ3n) is 8.11. The summed E-state index contributed by atoms with van der Waals surface area (Å²) >= 11 is 0. The van der Waals surface area contributed by atoms with Gasteiger partial charge < -0.3 is 10.0 Å². The van der Waals surface area contributed by atoms with Gasteiger partial charge in [0.2, 0.25) is 5.91 Å². The average molecular weight is 533 g/mol. The first-order valence-electron chi connectivity index (χ1n) is 14.6. The zero-order valence-corrected chi connectivity index (χ0v) is 23.2. The zero-order chi connectivity index (χ0) is 27.6. The number of hydrogen-bond donors (Lipinski definition) is 1. The first-order chi connectivity index (χ1) is 19.7. The minimum absolute atomic E-state index is 0.0266. The van der Waals surface area contributed by atoms with Crippen LogP contribution in [0.15, 0.2) is 115 Å². The highest BCUT2D eigenvalue weighted by atomic mass is 16.3. The topological polar surface area (TPSA) is 43.8 Å². The lowest BCUT2D eigenvalue weighted by Crippen LogP contribution is -2.40. The standard InChI is InChI=1S/C36H40N2O2/c39-28-35-17-10-24-38(35)36(40)23-22-34(25-29-18-20-33(21-19-29)32-15-8-3-9-16-32)37(26-30-11-4-1-5-12-30)27-31-13-6-2-7-14-31/h1-9,11-16,18-21,34-35,39H,10,17,22-28H2/t34?,35-/m1/s1. The summed E-state index contributed by atoms with van der Waals surface area (Å²) < 4.78 is 0. The monoisotopic (exact) mass is 532 g/mol. The normalized spacial score (nSPS) is 15.8. The van der Waals surface area contributed by atoms with E-state index in [1.165, 1.54) is 27.8 Å². The Balaban J connectivity index is 1.39. The van der Waals surface area contributed by atoms with Gasteiger partial charge in [-0.2, -0.15) is 0 Å². The number of carbonyl (C=O) groups excluding carboxylic acids is 1. The summed E-state index contributed by atoms with van der Waals surface area (Å²) in [5, 5.41) is 9.78. The van der Waals surface area contributed by atoms with E-state index in [0.29, 0.717) is 6.42 Å². The van der Waals surface area contributed by atoms with E-state index in [1.54, 1.807) is 0 Å². The predicted octanol–water partition coefficient (Wildman–Crippen LogP) is 6.73. The van der Waals surface area contributed by atoms with Crippen molar-refractivity contribution in [1.29, 1.82) is 0 Å². The summed E-state index contributed by atoms with van der Waals surface area (Å²) in [6.07, 6.45) is 4.00. The second kappa shape index (κ2) is 14.1. The van der Waals surface area contributed by atoms with E-state index < -0.39 is 0 Å². The Morgan fingerprint density at radius 3 is 1.88 bits per heavy atom. The first kappa shape index (κ1) is 27.8. The Labute approximate surface area is 238 Å². The molecule has 1 heterocycles. The number of likely N-dealkylation sites (tertiary alicyclic amines) is 1. The SMILES string of the molecule is O=C(CCC(Cc1ccc(-c2ccccc2)cc1)N(Cc1ccccc1)Cc1ccccc1)N1CCC[C@@H]1CO. The molecule has 1 amide bonds. The molecule has 0 aromatic heterocycles. The van der Waals surface area contributed by atoms with E-state index in [9.17, 15) is 9.90 Å². The highest BCUT2D eigenvalue weighted by Crippen LogP contribution is 2.25. The molecule has 0 aliphatic carbocycles. The molecule has 1 aliphatic rings. The molecule has 1 unspecified atom stereocenters. The Bertz CT molecular complexity index is 1270. The molecule has 5 rings (SSSR count). The molecule has 0 spiro atoms. The summed E-state index contributed by atoms with van der Waals surface area (Å²) in [6, 6.07) is 40.8. The van der Waals surface area contributed by atoms with Crippen LogP contribution in [0.25, 0.3) is 11.1 Å². The van der Waals surface area contributed by atoms with Crippen LogP contribution in [-0.4, -0.2) is 46.0 Å². The highest BCUT2D eigenvalue weighted by molar-refractivity contribution is 5.76. The minimum Gasteiger partial charge on any atom is -0.394 e. The summed E-state index contributed by atoms with van der Waals surface area (Å²) in [7, 11) is 0. The number of rotatable bonds is 12. The largest absolute Gasteiger partial charge is 0.394 e. The van der Waals surface area contributed by atoms with Gasteiger partial charge in [0.25, 0.3) is 0 Å². The fraction of sp³-hybridized carbons (Fsp3) is 0.306. The molecule has 0 saturated carbocycles. The summed E-state index contributed by atoms with van der Waals surface area (Å²) in [5.74, 6) is 0.167. The minimum atomic E-state index is -0.0266. The predicted molar refractivity (Wildman–Crippen MR) is 163 cm³/mol. The van der Waals surface area contributed by atoms with Crippen LogP contribution in [0.4, 0.5) is 0 Å². The molecular weight excluding hydrogens is 492 g/mol. The molecule has 2 atom stereocenters. The van der Waals surface area contributed by atoms with Crippen molar-refractivity contribution >= 4 is 5.91 Å². The van der Waals surface area contributed by atoms with Gasteiger partial charge in [-0.05, 0) is 53.5 Å². The number of carbonyl (C=O) groups is 1. The summed E-state index contributed by atoms with van der Waals surface area (Å²) in [4.78, 5) is 17.8. The van der Waals surface area contributed by atoms with Crippen LogP contribution in [0.2, 0.25) is 0 Å². The van der Waals surface area contributed by atoms with Gasteiger partial charge in [0.05, 0.1) is 12.6 Å². The molecular formula is C36H40N2O2. The Morgan fingerprint density at radius 1 is 0.750 bits per heavy atom. The van der Waals surface area contributed by atoms with Gasteiger partial charge in [0, 0.05) is 32.1 Å². The van der Waals surface area contributed by atoms with Crippen LogP contribution in [0.3, 0.4) is 0 Å². The van der Waals surface area contributed by atoms with Gasteiger partial charge >= 0.3 is 0 Å². The maximum atomic E-state index is 13.3. The van der Waals surface area contributed by atoms with Crippen LogP contribution < -0.4 is 0 Å². The van der Waals surface area contributed by atoms with Crippen molar-refractivity contribution in [3.05, 3.63) is 132 Å². The Kier molecular flexibility index (Phi) is 9.78. The number of hydrogen-bond acceptors (Lipinski definition) is 3. The van der Waals surface area contributed by atoms with Crippen LogP contribution in [-0.2, 0) is 24.3 Å². The molecule has 4 nitrogen and oxygen atoms in total. The number of amides is 1. The molecule has 1 aliphatic heterocycles. The lowest BCUT2D eigenvalue weighted by Gasteiger charge is -2.33. The van der Waals surface area contributed by atoms with Crippen LogP contribution in [0, 0.1) is 0 Å². The number of nitrogens with zero attached hydrogens (tertiary/aromatic N) is 2. The van der Waals surface area contributed by atoms with Gasteiger partial charge in [0.1, 0.15) is 0 Å². The fourth-order valence-corrected chi connectivity index (χ4v) is 5.89. The first-order valence-corrected chi connectivity index (χ1v) is 14.6. The zero-order valence-electron chi connectivity index (χ0n) is 23.2. The molecule has 4 aromatic carbocycles. The van der Waals surface area contributed by atoms with Gasteiger partial charge in [-0.25, -0.2) is 0 Å². The summed E-state index contributed by atoms with van der Waals surface area (Å²) in [5.41, 5.74) is 6.25. The number of benzene rings is 4. The Hall–Kier alpha value is -3.73. The maximum Gasteiger partial charge on any atom is 0.222 e. The fourth-order valence-electron chi connectivity index (χ4n) is 5.89. The number of aliphatic hydroxyl groups is 1. The van der Waals surface area contributed by atoms with E-state index in [1.807, 2.05) is 11.0 Å². The molecule has 0 bridgehead atoms. The molecule has 1 saturated heterocycles. The highest BCUT2D eigenvalue weighted by Gasteiger charge is 2.29. The quantitative estimate of drug-likeness (QED) is 0.220. The number of aliphatic hydroxyl groups excluding tert-OH is 1. The maximum absolute atomic E-state index is 13.3. The second-order valence-electron chi connectivity index (χ2n) is 10.9.